The van der Waals surface area contributed by atoms with Crippen LogP contribution < -0.4 is 0 Å². The second-order valence-electron chi connectivity index (χ2n) is 4.70. The maximum Gasteiger partial charge on any atom is 0.254 e. The van der Waals surface area contributed by atoms with Crippen molar-refractivity contribution in [2.24, 2.45) is 0 Å². The summed E-state index contributed by atoms with van der Waals surface area (Å²) in [5.74, 6) is 0.0963. The van der Waals surface area contributed by atoms with Gasteiger partial charge in [-0.25, -0.2) is 4.98 Å². The Kier molecular flexibility index (Phi) is 2.63. The lowest BCUT2D eigenvalue weighted by Crippen LogP contribution is -2.35. The molecular formula is C14H15N3O. The number of hydrogen-bond acceptors (Lipinski definition) is 2. The van der Waals surface area contributed by atoms with Crippen molar-refractivity contribution >= 4 is 16.9 Å². The van der Waals surface area contributed by atoms with Crippen LogP contribution in [0.3, 0.4) is 0 Å². The molecule has 0 spiro atoms. The Hall–Kier alpha value is -2.10. The molecule has 1 aromatic carbocycles. The Morgan fingerprint density at radius 3 is 3.17 bits per heavy atom. The summed E-state index contributed by atoms with van der Waals surface area (Å²) in [6.45, 7) is 3.61. The van der Waals surface area contributed by atoms with Crippen LogP contribution in [0.15, 0.2) is 36.2 Å². The fourth-order valence-corrected chi connectivity index (χ4v) is 2.34. The van der Waals surface area contributed by atoms with Gasteiger partial charge in [-0.2, -0.15) is 0 Å². The van der Waals surface area contributed by atoms with E-state index in [9.17, 15) is 4.79 Å². The van der Waals surface area contributed by atoms with Crippen LogP contribution in [0.1, 0.15) is 23.7 Å². The number of aromatic nitrogens is 2. The van der Waals surface area contributed by atoms with Crippen LogP contribution in [0.25, 0.3) is 11.0 Å². The number of aromatic amines is 1. The molecule has 0 saturated heterocycles. The molecule has 0 aliphatic carbocycles. The fraction of sp³-hybridized carbons (Fsp3) is 0.286. The predicted molar refractivity (Wildman–Crippen MR) is 70.4 cm³/mol. The van der Waals surface area contributed by atoms with Crippen molar-refractivity contribution in [1.82, 2.24) is 14.9 Å². The molecule has 1 aliphatic rings. The van der Waals surface area contributed by atoms with Gasteiger partial charge in [0.25, 0.3) is 5.91 Å². The molecule has 0 unspecified atom stereocenters. The SMILES string of the molecule is CC1=CCCN(C(=O)c2ccc3nc[nH]c3c2)C1. The van der Waals surface area contributed by atoms with Crippen LogP contribution in [0.2, 0.25) is 0 Å². The molecule has 18 heavy (non-hydrogen) atoms. The van der Waals surface area contributed by atoms with E-state index in [1.165, 1.54) is 5.57 Å². The lowest BCUT2D eigenvalue weighted by Gasteiger charge is -2.26. The number of nitrogens with one attached hydrogen (secondary N) is 1. The zero-order valence-electron chi connectivity index (χ0n) is 10.3. The van der Waals surface area contributed by atoms with E-state index in [2.05, 4.69) is 23.0 Å². The van der Waals surface area contributed by atoms with Crippen molar-refractivity contribution < 1.29 is 4.79 Å². The number of amides is 1. The van der Waals surface area contributed by atoms with Crippen LogP contribution >= 0.6 is 0 Å². The molecule has 1 aromatic heterocycles. The smallest absolute Gasteiger partial charge is 0.254 e. The Bertz CT molecular complexity index is 627. The first-order chi connectivity index (χ1) is 8.74. The van der Waals surface area contributed by atoms with Crippen molar-refractivity contribution in [3.8, 4) is 0 Å². The molecule has 92 valence electrons. The van der Waals surface area contributed by atoms with Crippen LogP contribution in [0, 0.1) is 0 Å². The summed E-state index contributed by atoms with van der Waals surface area (Å²) >= 11 is 0. The van der Waals surface area contributed by atoms with Crippen LogP contribution in [-0.2, 0) is 0 Å². The van der Waals surface area contributed by atoms with E-state index in [-0.39, 0.29) is 5.91 Å². The van der Waals surface area contributed by atoms with E-state index in [1.54, 1.807) is 6.33 Å². The summed E-state index contributed by atoms with van der Waals surface area (Å²) in [5, 5.41) is 0. The van der Waals surface area contributed by atoms with Gasteiger partial charge in [0.15, 0.2) is 0 Å². The standard InChI is InChI=1S/C14H15N3O/c1-10-3-2-6-17(8-10)14(18)11-4-5-12-13(7-11)16-9-15-12/h3-5,7,9H,2,6,8H2,1H3,(H,15,16). The zero-order valence-corrected chi connectivity index (χ0v) is 10.3. The fourth-order valence-electron chi connectivity index (χ4n) is 2.34. The molecule has 0 fully saturated rings. The van der Waals surface area contributed by atoms with E-state index in [4.69, 9.17) is 0 Å². The average Bonchev–Trinajstić information content (AvgIpc) is 2.85. The second kappa shape index (κ2) is 4.29. The monoisotopic (exact) mass is 241 g/mol. The topological polar surface area (TPSA) is 49.0 Å². The molecule has 4 nitrogen and oxygen atoms in total. The highest BCUT2D eigenvalue weighted by atomic mass is 16.2. The lowest BCUT2D eigenvalue weighted by atomic mass is 10.1. The molecular weight excluding hydrogens is 226 g/mol. The zero-order chi connectivity index (χ0) is 12.5. The van der Waals surface area contributed by atoms with Crippen molar-refractivity contribution in [1.29, 1.82) is 0 Å². The quantitative estimate of drug-likeness (QED) is 0.779. The number of hydrogen-bond donors (Lipinski definition) is 1. The molecule has 0 atom stereocenters. The van der Waals surface area contributed by atoms with Crippen molar-refractivity contribution in [2.75, 3.05) is 13.1 Å². The average molecular weight is 241 g/mol. The van der Waals surface area contributed by atoms with Gasteiger partial charge in [0.1, 0.15) is 0 Å². The van der Waals surface area contributed by atoms with Crippen LogP contribution in [0.5, 0.6) is 0 Å². The molecule has 0 saturated carbocycles. The Morgan fingerprint density at radius 2 is 2.33 bits per heavy atom. The minimum absolute atomic E-state index is 0.0963. The first-order valence-electron chi connectivity index (χ1n) is 6.12. The summed E-state index contributed by atoms with van der Waals surface area (Å²) in [6, 6.07) is 5.60. The Labute approximate surface area is 105 Å². The second-order valence-corrected chi connectivity index (χ2v) is 4.70. The van der Waals surface area contributed by atoms with Gasteiger partial charge in [0.05, 0.1) is 17.4 Å². The summed E-state index contributed by atoms with van der Waals surface area (Å²) in [5.41, 5.74) is 3.78. The number of benzene rings is 1. The Morgan fingerprint density at radius 1 is 1.44 bits per heavy atom. The predicted octanol–water partition coefficient (Wildman–Crippen LogP) is 2.36. The number of rotatable bonds is 1. The molecule has 0 radical (unpaired) electrons. The number of H-pyrrole nitrogens is 1. The minimum atomic E-state index is 0.0963. The summed E-state index contributed by atoms with van der Waals surface area (Å²) in [4.78, 5) is 21.5. The molecule has 3 rings (SSSR count). The first-order valence-corrected chi connectivity index (χ1v) is 6.12. The van der Waals surface area contributed by atoms with E-state index in [0.717, 1.165) is 36.1 Å². The van der Waals surface area contributed by atoms with E-state index in [0.29, 0.717) is 0 Å². The highest BCUT2D eigenvalue weighted by molar-refractivity contribution is 5.97. The number of carbonyl (C=O) groups excluding carboxylic acids is 1. The summed E-state index contributed by atoms with van der Waals surface area (Å²) < 4.78 is 0. The van der Waals surface area contributed by atoms with Gasteiger partial charge in [0, 0.05) is 18.7 Å². The van der Waals surface area contributed by atoms with Crippen molar-refractivity contribution in [2.45, 2.75) is 13.3 Å². The third-order valence-electron chi connectivity index (χ3n) is 3.29. The van der Waals surface area contributed by atoms with Gasteiger partial charge in [-0.1, -0.05) is 11.6 Å². The van der Waals surface area contributed by atoms with Crippen molar-refractivity contribution in [3.05, 3.63) is 41.7 Å². The minimum Gasteiger partial charge on any atom is -0.345 e. The number of fused-ring (bicyclic) bond motifs is 1. The van der Waals surface area contributed by atoms with E-state index >= 15 is 0 Å². The van der Waals surface area contributed by atoms with Gasteiger partial charge < -0.3 is 9.88 Å². The third-order valence-corrected chi connectivity index (χ3v) is 3.29. The molecule has 1 N–H and O–H groups in total. The van der Waals surface area contributed by atoms with Gasteiger partial charge in [-0.15, -0.1) is 0 Å². The van der Waals surface area contributed by atoms with Crippen molar-refractivity contribution in [3.63, 3.8) is 0 Å². The number of carbonyl (C=O) groups is 1. The largest absolute Gasteiger partial charge is 0.345 e. The molecule has 2 aromatic rings. The van der Waals surface area contributed by atoms with E-state index in [1.807, 2.05) is 23.1 Å². The third kappa shape index (κ3) is 1.90. The maximum absolute atomic E-state index is 12.4. The highest BCUT2D eigenvalue weighted by Gasteiger charge is 2.18. The molecule has 2 heterocycles. The molecule has 4 heteroatoms. The number of imidazole rings is 1. The van der Waals surface area contributed by atoms with Gasteiger partial charge in [-0.3, -0.25) is 4.79 Å². The summed E-state index contributed by atoms with van der Waals surface area (Å²) in [7, 11) is 0. The highest BCUT2D eigenvalue weighted by Crippen LogP contribution is 2.16. The molecule has 0 bridgehead atoms. The maximum atomic E-state index is 12.4. The molecule has 1 aliphatic heterocycles. The normalized spacial score (nSPS) is 15.8. The van der Waals surface area contributed by atoms with Gasteiger partial charge >= 0.3 is 0 Å². The Balaban J connectivity index is 1.89. The number of nitrogens with zero attached hydrogens (tertiary/aromatic N) is 2. The lowest BCUT2D eigenvalue weighted by molar-refractivity contribution is 0.0766. The van der Waals surface area contributed by atoms with Crippen LogP contribution in [0.4, 0.5) is 0 Å². The van der Waals surface area contributed by atoms with Gasteiger partial charge in [0.2, 0.25) is 0 Å². The molecule has 1 amide bonds. The van der Waals surface area contributed by atoms with E-state index < -0.39 is 0 Å². The summed E-state index contributed by atoms with van der Waals surface area (Å²) in [6.07, 6.45) is 4.79. The van der Waals surface area contributed by atoms with Gasteiger partial charge in [-0.05, 0) is 31.5 Å². The first kappa shape index (κ1) is 11.0. The van der Waals surface area contributed by atoms with Crippen LogP contribution in [-0.4, -0.2) is 33.9 Å².